The molecule has 2 heterocycles. The molecule has 3 rings (SSSR count). The number of hydrogen-bond donors (Lipinski definition) is 1. The van der Waals surface area contributed by atoms with Crippen molar-refractivity contribution in [1.29, 1.82) is 0 Å². The number of imide groups is 1. The van der Waals surface area contributed by atoms with Gasteiger partial charge in [0.1, 0.15) is 12.1 Å². The van der Waals surface area contributed by atoms with E-state index in [4.69, 9.17) is 5.73 Å². The van der Waals surface area contributed by atoms with Gasteiger partial charge in [-0.15, -0.1) is 0 Å². The van der Waals surface area contributed by atoms with E-state index < -0.39 is 17.5 Å². The molecule has 134 valence electrons. The molecule has 2 N–H and O–H groups in total. The molecule has 0 radical (unpaired) electrons. The van der Waals surface area contributed by atoms with E-state index >= 15 is 0 Å². The fourth-order valence-corrected chi connectivity index (χ4v) is 3.92. The highest BCUT2D eigenvalue weighted by atomic mass is 16.2. The number of urea groups is 1. The molecule has 2 aliphatic heterocycles. The maximum absolute atomic E-state index is 12.9. The summed E-state index contributed by atoms with van der Waals surface area (Å²) >= 11 is 0. The lowest BCUT2D eigenvalue weighted by atomic mass is 9.85. The van der Waals surface area contributed by atoms with Gasteiger partial charge in [-0.1, -0.05) is 30.3 Å². The monoisotopic (exact) mass is 344 g/mol. The highest BCUT2D eigenvalue weighted by Gasteiger charge is 2.57. The zero-order chi connectivity index (χ0) is 18.0. The van der Waals surface area contributed by atoms with E-state index in [-0.39, 0.29) is 12.5 Å². The lowest BCUT2D eigenvalue weighted by molar-refractivity contribution is -0.137. The Morgan fingerprint density at radius 1 is 1.16 bits per heavy atom. The smallest absolute Gasteiger partial charge is 0.328 e. The quantitative estimate of drug-likeness (QED) is 0.800. The number of amides is 4. The molecule has 0 unspecified atom stereocenters. The minimum Gasteiger partial charge on any atom is -0.368 e. The van der Waals surface area contributed by atoms with Crippen LogP contribution in [0.2, 0.25) is 0 Å². The molecule has 0 aromatic heterocycles. The van der Waals surface area contributed by atoms with Crippen LogP contribution >= 0.6 is 0 Å². The fraction of sp³-hybridized carbons (Fsp3) is 0.500. The third kappa shape index (κ3) is 3.11. The van der Waals surface area contributed by atoms with Crippen molar-refractivity contribution in [3.8, 4) is 0 Å². The van der Waals surface area contributed by atoms with Crippen LogP contribution in [0.3, 0.4) is 0 Å². The second-order valence-corrected chi connectivity index (χ2v) is 6.68. The van der Waals surface area contributed by atoms with Crippen molar-refractivity contribution in [1.82, 2.24) is 14.7 Å². The summed E-state index contributed by atoms with van der Waals surface area (Å²) in [5.41, 5.74) is 5.60. The molecule has 1 aromatic rings. The SMILES string of the molecule is CCN1C(=O)N(CC(N)=O)C(=O)C12CCN(Cc1ccccc1)CC2. The van der Waals surface area contributed by atoms with Gasteiger partial charge in [0.05, 0.1) is 0 Å². The zero-order valence-corrected chi connectivity index (χ0v) is 14.5. The normalized spacial score (nSPS) is 20.5. The molecule has 0 saturated carbocycles. The molecule has 2 aliphatic rings. The predicted molar refractivity (Wildman–Crippen MR) is 92.4 cm³/mol. The van der Waals surface area contributed by atoms with Crippen molar-refractivity contribution < 1.29 is 14.4 Å². The Bertz CT molecular complexity index is 668. The first-order valence-electron chi connectivity index (χ1n) is 8.66. The van der Waals surface area contributed by atoms with Crippen molar-refractivity contribution in [2.24, 2.45) is 5.73 Å². The van der Waals surface area contributed by atoms with Crippen LogP contribution in [0.25, 0.3) is 0 Å². The predicted octanol–water partition coefficient (Wildman–Crippen LogP) is 0.791. The van der Waals surface area contributed by atoms with Gasteiger partial charge in [-0.25, -0.2) is 4.79 Å². The Hall–Kier alpha value is -2.41. The number of carbonyl (C=O) groups excluding carboxylic acids is 3. The number of primary amides is 1. The van der Waals surface area contributed by atoms with Gasteiger partial charge >= 0.3 is 6.03 Å². The molecule has 1 spiro atoms. The first-order chi connectivity index (χ1) is 12.0. The average Bonchev–Trinajstić information content (AvgIpc) is 2.79. The number of rotatable bonds is 5. The summed E-state index contributed by atoms with van der Waals surface area (Å²) in [6, 6.07) is 9.79. The van der Waals surface area contributed by atoms with Gasteiger partial charge in [-0.2, -0.15) is 0 Å². The molecular formula is C18H24N4O3. The Morgan fingerprint density at radius 2 is 1.80 bits per heavy atom. The molecule has 7 heteroatoms. The Balaban J connectivity index is 1.72. The summed E-state index contributed by atoms with van der Waals surface area (Å²) in [4.78, 5) is 41.6. The lowest BCUT2D eigenvalue weighted by Gasteiger charge is -2.41. The van der Waals surface area contributed by atoms with E-state index in [9.17, 15) is 14.4 Å². The molecule has 0 bridgehead atoms. The first kappa shape index (κ1) is 17.4. The molecule has 25 heavy (non-hydrogen) atoms. The van der Waals surface area contributed by atoms with Crippen LogP contribution in [-0.4, -0.2) is 64.3 Å². The highest BCUT2D eigenvalue weighted by Crippen LogP contribution is 2.37. The van der Waals surface area contributed by atoms with Crippen molar-refractivity contribution in [3.05, 3.63) is 35.9 Å². The minimum absolute atomic E-state index is 0.280. The van der Waals surface area contributed by atoms with E-state index in [1.54, 1.807) is 4.90 Å². The molecule has 2 fully saturated rings. The molecule has 7 nitrogen and oxygen atoms in total. The van der Waals surface area contributed by atoms with E-state index in [0.717, 1.165) is 24.5 Å². The number of piperidine rings is 1. The summed E-state index contributed by atoms with van der Waals surface area (Å²) in [5, 5.41) is 0. The maximum atomic E-state index is 12.9. The number of nitrogens with two attached hydrogens (primary N) is 1. The summed E-state index contributed by atoms with van der Waals surface area (Å²) in [7, 11) is 0. The van der Waals surface area contributed by atoms with Crippen molar-refractivity contribution in [2.45, 2.75) is 31.8 Å². The lowest BCUT2D eigenvalue weighted by Crippen LogP contribution is -2.56. The Morgan fingerprint density at radius 3 is 2.36 bits per heavy atom. The minimum atomic E-state index is -0.825. The van der Waals surface area contributed by atoms with Gasteiger partial charge in [0.15, 0.2) is 0 Å². The molecule has 1 aromatic carbocycles. The zero-order valence-electron chi connectivity index (χ0n) is 14.5. The molecular weight excluding hydrogens is 320 g/mol. The second-order valence-electron chi connectivity index (χ2n) is 6.68. The average molecular weight is 344 g/mol. The van der Waals surface area contributed by atoms with E-state index in [2.05, 4.69) is 17.0 Å². The number of nitrogens with zero attached hydrogens (tertiary/aromatic N) is 3. The molecule has 0 atom stereocenters. The van der Waals surface area contributed by atoms with E-state index in [0.29, 0.717) is 19.4 Å². The van der Waals surface area contributed by atoms with Crippen LogP contribution in [0.5, 0.6) is 0 Å². The highest BCUT2D eigenvalue weighted by molar-refractivity contribution is 6.09. The number of hydrogen-bond acceptors (Lipinski definition) is 4. The van der Waals surface area contributed by atoms with Crippen LogP contribution in [0, 0.1) is 0 Å². The fourth-order valence-electron chi connectivity index (χ4n) is 3.92. The van der Waals surface area contributed by atoms with Crippen LogP contribution in [-0.2, 0) is 16.1 Å². The Labute approximate surface area is 147 Å². The number of carbonyl (C=O) groups is 3. The standard InChI is InChI=1S/C18H24N4O3/c1-2-22-17(25)21(13-15(19)23)16(24)18(22)8-10-20(11-9-18)12-14-6-4-3-5-7-14/h3-7H,2,8-13H2,1H3,(H2,19,23). The molecule has 0 aliphatic carbocycles. The van der Waals surface area contributed by atoms with Crippen LogP contribution in [0.1, 0.15) is 25.3 Å². The maximum Gasteiger partial charge on any atom is 0.328 e. The largest absolute Gasteiger partial charge is 0.368 e. The van der Waals surface area contributed by atoms with Gasteiger partial charge in [0, 0.05) is 26.2 Å². The van der Waals surface area contributed by atoms with Crippen LogP contribution in [0.4, 0.5) is 4.79 Å². The van der Waals surface area contributed by atoms with Crippen LogP contribution in [0.15, 0.2) is 30.3 Å². The second kappa shape index (κ2) is 6.84. The van der Waals surface area contributed by atoms with Gasteiger partial charge in [0.25, 0.3) is 5.91 Å². The number of benzene rings is 1. The van der Waals surface area contributed by atoms with E-state index in [1.807, 2.05) is 25.1 Å². The van der Waals surface area contributed by atoms with Crippen LogP contribution < -0.4 is 5.73 Å². The summed E-state index contributed by atoms with van der Waals surface area (Å²) < 4.78 is 0. The van der Waals surface area contributed by atoms with Gasteiger partial charge < -0.3 is 10.6 Å². The van der Waals surface area contributed by atoms with Crippen molar-refractivity contribution >= 4 is 17.8 Å². The van der Waals surface area contributed by atoms with E-state index in [1.165, 1.54) is 5.56 Å². The van der Waals surface area contributed by atoms with Gasteiger partial charge in [0.2, 0.25) is 5.91 Å². The van der Waals surface area contributed by atoms with Crippen molar-refractivity contribution in [3.63, 3.8) is 0 Å². The molecule has 4 amide bonds. The number of likely N-dealkylation sites (tertiary alicyclic amines) is 1. The summed E-state index contributed by atoms with van der Waals surface area (Å²) in [6.07, 6.45) is 1.15. The topological polar surface area (TPSA) is 87.0 Å². The third-order valence-corrected chi connectivity index (χ3v) is 5.18. The Kier molecular flexibility index (Phi) is 4.76. The van der Waals surface area contributed by atoms with Gasteiger partial charge in [-0.3, -0.25) is 19.4 Å². The summed E-state index contributed by atoms with van der Waals surface area (Å²) in [5.74, 6) is -0.950. The number of likely N-dealkylation sites (N-methyl/N-ethyl adjacent to an activating group) is 1. The third-order valence-electron chi connectivity index (χ3n) is 5.18. The summed E-state index contributed by atoms with van der Waals surface area (Å²) in [6.45, 7) is 4.25. The molecule has 2 saturated heterocycles. The van der Waals surface area contributed by atoms with Gasteiger partial charge in [-0.05, 0) is 25.3 Å². The first-order valence-corrected chi connectivity index (χ1v) is 8.66. The van der Waals surface area contributed by atoms with Crippen molar-refractivity contribution in [2.75, 3.05) is 26.2 Å².